The third-order valence-corrected chi connectivity index (χ3v) is 5.36. The molecular weight excluding hydrogens is 368 g/mol. The summed E-state index contributed by atoms with van der Waals surface area (Å²) in [7, 11) is 0. The predicted molar refractivity (Wildman–Crippen MR) is 112 cm³/mol. The molecule has 1 N–H and O–H groups in total. The lowest BCUT2D eigenvalue weighted by molar-refractivity contribution is -0.378. The van der Waals surface area contributed by atoms with E-state index in [4.69, 9.17) is 0 Å². The summed E-state index contributed by atoms with van der Waals surface area (Å²) in [5.41, 5.74) is 3.95. The number of pyridine rings is 1. The summed E-state index contributed by atoms with van der Waals surface area (Å²) in [4.78, 5) is 17.5. The lowest BCUT2D eigenvalue weighted by Gasteiger charge is -2.24. The number of hydrogen-bond donors (Lipinski definition) is 0. The molecule has 1 aliphatic heterocycles. The molecule has 1 unspecified atom stereocenters. The molecule has 28 heavy (non-hydrogen) atoms. The maximum absolute atomic E-state index is 11.9. The molecule has 150 valence electrons. The van der Waals surface area contributed by atoms with Crippen LogP contribution in [0.5, 0.6) is 0 Å². The quantitative estimate of drug-likeness (QED) is 0.452. The smallest absolute Gasteiger partial charge is 0.174 e. The molecule has 3 rings (SSSR count). The van der Waals surface area contributed by atoms with Crippen LogP contribution in [0.15, 0.2) is 54.9 Å². The lowest BCUT2D eigenvalue weighted by Crippen LogP contribution is -3.00. The average Bonchev–Trinajstić information content (AvgIpc) is 3.01. The van der Waals surface area contributed by atoms with Crippen molar-refractivity contribution in [3.8, 4) is 0 Å². The second-order valence-corrected chi connectivity index (χ2v) is 7.53. The fourth-order valence-electron chi connectivity index (χ4n) is 3.87. The maximum Gasteiger partial charge on any atom is 0.174 e. The Kier molecular flexibility index (Phi) is 9.22. The van der Waals surface area contributed by atoms with E-state index in [1.807, 2.05) is 30.6 Å². The van der Waals surface area contributed by atoms with Gasteiger partial charge in [-0.1, -0.05) is 37.5 Å². The van der Waals surface area contributed by atoms with Crippen molar-refractivity contribution in [2.45, 2.75) is 57.9 Å². The Labute approximate surface area is 175 Å². The highest BCUT2D eigenvalue weighted by atomic mass is 35.5. The van der Waals surface area contributed by atoms with E-state index >= 15 is 0 Å². The third-order valence-electron chi connectivity index (χ3n) is 5.36. The largest absolute Gasteiger partial charge is 1.00 e. The highest BCUT2D eigenvalue weighted by Gasteiger charge is 2.24. The zero-order chi connectivity index (χ0) is 18.9. The molecule has 4 heteroatoms. The van der Waals surface area contributed by atoms with Gasteiger partial charge in [0.2, 0.25) is 0 Å². The molecule has 0 radical (unpaired) electrons. The van der Waals surface area contributed by atoms with E-state index in [0.717, 1.165) is 24.9 Å². The number of fused-ring (bicyclic) bond motifs is 1. The Morgan fingerprint density at radius 1 is 1.11 bits per heavy atom. The van der Waals surface area contributed by atoms with Gasteiger partial charge in [0.25, 0.3) is 0 Å². The summed E-state index contributed by atoms with van der Waals surface area (Å²) in [5.74, 6) is 0.223. The molecule has 2 heterocycles. The number of carbonyl (C=O) groups is 1. The summed E-state index contributed by atoms with van der Waals surface area (Å²) in [5, 5.41) is 0. The number of nitrogens with zero attached hydrogens (tertiary/aromatic N) is 1. The fourth-order valence-corrected chi connectivity index (χ4v) is 3.87. The number of unbranched alkanes of at least 4 members (excludes halogenated alkanes) is 4. The van der Waals surface area contributed by atoms with Gasteiger partial charge in [0, 0.05) is 36.3 Å². The van der Waals surface area contributed by atoms with Crippen molar-refractivity contribution in [1.29, 1.82) is 0 Å². The van der Waals surface area contributed by atoms with E-state index in [2.05, 4.69) is 41.1 Å². The normalized spacial score (nSPS) is 15.5. The number of allylic oxidation sites excluding steroid dienone is 1. The van der Waals surface area contributed by atoms with Crippen LogP contribution in [-0.4, -0.2) is 18.4 Å². The summed E-state index contributed by atoms with van der Waals surface area (Å²) in [6.07, 6.45) is 15.0. The fraction of sp³-hybridized carbons (Fsp3) is 0.417. The number of para-hydroxylation sites is 1. The van der Waals surface area contributed by atoms with Crippen LogP contribution in [0.2, 0.25) is 0 Å². The van der Waals surface area contributed by atoms with Crippen LogP contribution in [0.3, 0.4) is 0 Å². The lowest BCUT2D eigenvalue weighted by atomic mass is 10.1. The summed E-state index contributed by atoms with van der Waals surface area (Å²) >= 11 is 0. The van der Waals surface area contributed by atoms with Crippen LogP contribution in [0.4, 0.5) is 5.69 Å². The van der Waals surface area contributed by atoms with Gasteiger partial charge in [-0.05, 0) is 56.0 Å². The molecule has 0 aliphatic carbocycles. The van der Waals surface area contributed by atoms with Crippen molar-refractivity contribution in [3.63, 3.8) is 0 Å². The van der Waals surface area contributed by atoms with Crippen molar-refractivity contribution >= 4 is 17.5 Å². The standard InChI is InChI=1S/C24H30N2O.ClH/c1-20-18-22-11-6-7-13-24(22)26(20)17-8-4-2-3-5-12-23(27)15-14-21-10-9-16-25-19-21;/h6-7,9-11,13-16,19-20H,2-5,8,12,17-18H2,1H3;1H/b15-14+;. The van der Waals surface area contributed by atoms with Crippen molar-refractivity contribution in [3.05, 3.63) is 66.0 Å². The van der Waals surface area contributed by atoms with E-state index in [-0.39, 0.29) is 18.2 Å². The number of ketones is 1. The van der Waals surface area contributed by atoms with Crippen LogP contribution in [0.25, 0.3) is 6.08 Å². The van der Waals surface area contributed by atoms with Crippen LogP contribution < -0.4 is 22.3 Å². The number of H-pyrrole nitrogens is 1. The number of carbonyl (C=O) groups excluding carboxylic acids is 1. The zero-order valence-electron chi connectivity index (χ0n) is 16.7. The SMILES string of the molecule is CC1Cc2ccccc2N1CCCCCCCC(=O)/C=C/c1ccc[nH+]c1.[Cl-]. The highest BCUT2D eigenvalue weighted by molar-refractivity contribution is 5.93. The maximum atomic E-state index is 11.9. The van der Waals surface area contributed by atoms with E-state index in [0.29, 0.717) is 12.5 Å². The molecule has 3 nitrogen and oxygen atoms in total. The Morgan fingerprint density at radius 2 is 1.89 bits per heavy atom. The van der Waals surface area contributed by atoms with Gasteiger partial charge in [-0.3, -0.25) is 4.79 Å². The molecule has 1 aromatic heterocycles. The number of aromatic nitrogens is 1. The predicted octanol–water partition coefficient (Wildman–Crippen LogP) is 1.88. The Morgan fingerprint density at radius 3 is 2.71 bits per heavy atom. The van der Waals surface area contributed by atoms with E-state index < -0.39 is 0 Å². The Balaban J connectivity index is 0.00000280. The molecule has 0 spiro atoms. The molecule has 0 amide bonds. The number of aromatic amines is 1. The second-order valence-electron chi connectivity index (χ2n) is 7.53. The second kappa shape index (κ2) is 11.7. The van der Waals surface area contributed by atoms with Crippen LogP contribution >= 0.6 is 0 Å². The van der Waals surface area contributed by atoms with E-state index in [9.17, 15) is 4.79 Å². The number of rotatable bonds is 10. The Bertz CT molecular complexity index is 760. The first-order valence-electron chi connectivity index (χ1n) is 10.3. The first kappa shape index (κ1) is 22.2. The minimum atomic E-state index is 0. The number of benzene rings is 1. The van der Waals surface area contributed by atoms with Gasteiger partial charge in [-0.15, -0.1) is 0 Å². The number of anilines is 1. The van der Waals surface area contributed by atoms with Crippen LogP contribution in [-0.2, 0) is 11.2 Å². The van der Waals surface area contributed by atoms with E-state index in [1.54, 1.807) is 6.08 Å². The van der Waals surface area contributed by atoms with Gasteiger partial charge in [0.15, 0.2) is 18.2 Å². The van der Waals surface area contributed by atoms with Crippen LogP contribution in [0.1, 0.15) is 56.6 Å². The summed E-state index contributed by atoms with van der Waals surface area (Å²) in [6.45, 7) is 3.47. The third kappa shape index (κ3) is 6.49. The van der Waals surface area contributed by atoms with Gasteiger partial charge in [0.05, 0.1) is 0 Å². The topological polar surface area (TPSA) is 34.5 Å². The van der Waals surface area contributed by atoms with Gasteiger partial charge < -0.3 is 17.3 Å². The summed E-state index contributed by atoms with van der Waals surface area (Å²) in [6, 6.07) is 13.3. The van der Waals surface area contributed by atoms with Crippen molar-refractivity contribution < 1.29 is 22.2 Å². The first-order valence-corrected chi connectivity index (χ1v) is 10.3. The first-order chi connectivity index (χ1) is 13.2. The molecule has 1 aliphatic rings. The van der Waals surface area contributed by atoms with Gasteiger partial charge in [-0.25, -0.2) is 4.98 Å². The van der Waals surface area contributed by atoms with Crippen molar-refractivity contribution in [1.82, 2.24) is 0 Å². The minimum Gasteiger partial charge on any atom is -1.00 e. The monoisotopic (exact) mass is 398 g/mol. The zero-order valence-corrected chi connectivity index (χ0v) is 17.5. The highest BCUT2D eigenvalue weighted by Crippen LogP contribution is 2.31. The molecule has 0 saturated carbocycles. The molecule has 2 aromatic rings. The number of nitrogens with one attached hydrogen (secondary N) is 1. The molecule has 1 atom stereocenters. The van der Waals surface area contributed by atoms with Gasteiger partial charge in [-0.2, -0.15) is 0 Å². The van der Waals surface area contributed by atoms with Crippen molar-refractivity contribution in [2.75, 3.05) is 11.4 Å². The number of halogens is 1. The Hall–Kier alpha value is -2.13. The van der Waals surface area contributed by atoms with Crippen molar-refractivity contribution in [2.24, 2.45) is 0 Å². The molecular formula is C24H31ClN2O. The van der Waals surface area contributed by atoms with Crippen LogP contribution in [0, 0.1) is 0 Å². The summed E-state index contributed by atoms with van der Waals surface area (Å²) < 4.78 is 0. The molecule has 1 aromatic carbocycles. The average molecular weight is 399 g/mol. The number of hydrogen-bond acceptors (Lipinski definition) is 2. The molecule has 0 bridgehead atoms. The molecule has 0 saturated heterocycles. The van der Waals surface area contributed by atoms with Gasteiger partial charge in [0.1, 0.15) is 0 Å². The molecule has 0 fully saturated rings. The van der Waals surface area contributed by atoms with Gasteiger partial charge >= 0.3 is 0 Å². The minimum absolute atomic E-state index is 0. The van der Waals surface area contributed by atoms with E-state index in [1.165, 1.54) is 36.9 Å².